The van der Waals surface area contributed by atoms with Crippen molar-refractivity contribution in [2.24, 2.45) is 0 Å². The highest BCUT2D eigenvalue weighted by Crippen LogP contribution is 2.28. The lowest BCUT2D eigenvalue weighted by Gasteiger charge is -2.32. The second-order valence-electron chi connectivity index (χ2n) is 4.44. The van der Waals surface area contributed by atoms with Gasteiger partial charge in [0.25, 0.3) is 0 Å². The average molecular weight is 280 g/mol. The second kappa shape index (κ2) is 5.65. The first-order valence-corrected chi connectivity index (χ1v) is 6.67. The first-order chi connectivity index (χ1) is 7.79. The van der Waals surface area contributed by atoms with Crippen molar-refractivity contribution in [3.05, 3.63) is 47.0 Å². The van der Waals surface area contributed by atoms with Gasteiger partial charge in [-0.3, -0.25) is 4.90 Å². The third kappa shape index (κ3) is 2.96. The molecule has 0 N–H and O–H groups in total. The minimum atomic E-state index is 0.686. The lowest BCUT2D eigenvalue weighted by Crippen LogP contribution is -2.34. The number of halogens is 1. The number of nitrogens with zero attached hydrogens (tertiary/aromatic N) is 1. The lowest BCUT2D eigenvalue weighted by atomic mass is 9.91. The van der Waals surface area contributed by atoms with Crippen molar-refractivity contribution in [2.75, 3.05) is 19.6 Å². The van der Waals surface area contributed by atoms with Gasteiger partial charge in [0.2, 0.25) is 0 Å². The van der Waals surface area contributed by atoms with Crippen LogP contribution in [0.3, 0.4) is 0 Å². The molecule has 86 valence electrons. The van der Waals surface area contributed by atoms with Crippen LogP contribution in [-0.4, -0.2) is 24.5 Å². The fourth-order valence-corrected chi connectivity index (χ4v) is 2.85. The van der Waals surface area contributed by atoms with Crippen molar-refractivity contribution >= 4 is 15.9 Å². The number of benzene rings is 1. The van der Waals surface area contributed by atoms with Crippen LogP contribution in [0, 0.1) is 0 Å². The van der Waals surface area contributed by atoms with Gasteiger partial charge in [-0.25, -0.2) is 0 Å². The number of piperidine rings is 1. The summed E-state index contributed by atoms with van der Waals surface area (Å²) in [6, 6.07) is 8.72. The van der Waals surface area contributed by atoms with Gasteiger partial charge in [-0.15, -0.1) is 6.58 Å². The van der Waals surface area contributed by atoms with Gasteiger partial charge in [0, 0.05) is 17.6 Å². The van der Waals surface area contributed by atoms with Gasteiger partial charge in [0.15, 0.2) is 0 Å². The summed E-state index contributed by atoms with van der Waals surface area (Å²) >= 11 is 3.54. The van der Waals surface area contributed by atoms with E-state index in [0.717, 1.165) is 6.54 Å². The van der Waals surface area contributed by atoms with Crippen LogP contribution in [0.25, 0.3) is 0 Å². The molecule has 1 fully saturated rings. The van der Waals surface area contributed by atoms with Crippen LogP contribution < -0.4 is 0 Å². The predicted molar refractivity (Wildman–Crippen MR) is 72.8 cm³/mol. The molecule has 2 heteroatoms. The van der Waals surface area contributed by atoms with Gasteiger partial charge in [0.1, 0.15) is 0 Å². The highest BCUT2D eigenvalue weighted by atomic mass is 79.9. The summed E-state index contributed by atoms with van der Waals surface area (Å²) in [7, 11) is 0. The van der Waals surface area contributed by atoms with E-state index in [0.29, 0.717) is 5.92 Å². The van der Waals surface area contributed by atoms with E-state index in [1.807, 2.05) is 6.08 Å². The molecule has 16 heavy (non-hydrogen) atoms. The Balaban J connectivity index is 2.06. The Morgan fingerprint density at radius 1 is 1.50 bits per heavy atom. The fraction of sp³-hybridized carbons (Fsp3) is 0.429. The van der Waals surface area contributed by atoms with Crippen LogP contribution in [-0.2, 0) is 0 Å². The molecule has 1 aliphatic rings. The topological polar surface area (TPSA) is 3.24 Å². The first-order valence-electron chi connectivity index (χ1n) is 5.88. The molecule has 0 bridgehead atoms. The smallest absolute Gasteiger partial charge is 0.0178 e. The SMILES string of the molecule is C=CCN1CCCC(c2cccc(Br)c2)C1. The molecule has 1 saturated heterocycles. The van der Waals surface area contributed by atoms with Crippen molar-refractivity contribution in [3.63, 3.8) is 0 Å². The zero-order chi connectivity index (χ0) is 11.4. The largest absolute Gasteiger partial charge is 0.299 e. The van der Waals surface area contributed by atoms with E-state index in [4.69, 9.17) is 0 Å². The molecule has 0 aliphatic carbocycles. The van der Waals surface area contributed by atoms with E-state index in [9.17, 15) is 0 Å². The average Bonchev–Trinajstić information content (AvgIpc) is 2.30. The number of hydrogen-bond acceptors (Lipinski definition) is 1. The predicted octanol–water partition coefficient (Wildman–Crippen LogP) is 3.81. The molecular weight excluding hydrogens is 262 g/mol. The van der Waals surface area contributed by atoms with Crippen LogP contribution >= 0.6 is 15.9 Å². The molecule has 1 nitrogen and oxygen atoms in total. The Morgan fingerprint density at radius 2 is 2.38 bits per heavy atom. The van der Waals surface area contributed by atoms with E-state index in [1.165, 1.54) is 36.0 Å². The third-order valence-corrected chi connectivity index (χ3v) is 3.71. The van der Waals surface area contributed by atoms with Crippen molar-refractivity contribution < 1.29 is 0 Å². The van der Waals surface area contributed by atoms with E-state index < -0.39 is 0 Å². The Bertz CT molecular complexity index is 362. The monoisotopic (exact) mass is 279 g/mol. The molecule has 0 spiro atoms. The fourth-order valence-electron chi connectivity index (χ4n) is 2.44. The molecule has 2 rings (SSSR count). The summed E-state index contributed by atoms with van der Waals surface area (Å²) in [5.41, 5.74) is 1.46. The maximum atomic E-state index is 3.82. The molecule has 1 atom stereocenters. The second-order valence-corrected chi connectivity index (χ2v) is 5.36. The molecule has 1 unspecified atom stereocenters. The molecular formula is C14H18BrN. The van der Waals surface area contributed by atoms with E-state index in [-0.39, 0.29) is 0 Å². The number of likely N-dealkylation sites (tertiary alicyclic amines) is 1. The maximum Gasteiger partial charge on any atom is 0.0178 e. The molecule has 0 amide bonds. The Labute approximate surface area is 106 Å². The Morgan fingerprint density at radius 3 is 3.12 bits per heavy atom. The van der Waals surface area contributed by atoms with E-state index >= 15 is 0 Å². The van der Waals surface area contributed by atoms with Crippen LogP contribution in [0.2, 0.25) is 0 Å². The van der Waals surface area contributed by atoms with Gasteiger partial charge < -0.3 is 0 Å². The van der Waals surface area contributed by atoms with Gasteiger partial charge >= 0.3 is 0 Å². The molecule has 1 aliphatic heterocycles. The first kappa shape index (κ1) is 11.9. The van der Waals surface area contributed by atoms with Crippen molar-refractivity contribution in [3.8, 4) is 0 Å². The van der Waals surface area contributed by atoms with E-state index in [2.05, 4.69) is 51.7 Å². The summed E-state index contributed by atoms with van der Waals surface area (Å²) in [4.78, 5) is 2.49. The normalized spacial score (nSPS) is 21.9. The molecule has 1 heterocycles. The lowest BCUT2D eigenvalue weighted by molar-refractivity contribution is 0.228. The number of hydrogen-bond donors (Lipinski definition) is 0. The van der Waals surface area contributed by atoms with Gasteiger partial charge in [-0.05, 0) is 43.0 Å². The summed E-state index contributed by atoms with van der Waals surface area (Å²) in [6.07, 6.45) is 4.61. The minimum absolute atomic E-state index is 0.686. The van der Waals surface area contributed by atoms with Crippen LogP contribution in [0.1, 0.15) is 24.3 Å². The Hall–Kier alpha value is -0.600. The molecule has 1 aromatic carbocycles. The van der Waals surface area contributed by atoms with Gasteiger partial charge in [0.05, 0.1) is 0 Å². The van der Waals surface area contributed by atoms with E-state index in [1.54, 1.807) is 0 Å². The van der Waals surface area contributed by atoms with Crippen LogP contribution in [0.4, 0.5) is 0 Å². The van der Waals surface area contributed by atoms with Crippen molar-refractivity contribution in [1.82, 2.24) is 4.90 Å². The van der Waals surface area contributed by atoms with Crippen molar-refractivity contribution in [1.29, 1.82) is 0 Å². The standard InChI is InChI=1S/C14H18BrN/c1-2-8-16-9-4-6-13(11-16)12-5-3-7-14(15)10-12/h2-3,5,7,10,13H,1,4,6,8-9,11H2. The third-order valence-electron chi connectivity index (χ3n) is 3.21. The molecule has 0 saturated carbocycles. The quantitative estimate of drug-likeness (QED) is 0.761. The van der Waals surface area contributed by atoms with Crippen LogP contribution in [0.5, 0.6) is 0 Å². The highest BCUT2D eigenvalue weighted by Gasteiger charge is 2.20. The molecule has 0 aromatic heterocycles. The summed E-state index contributed by atoms with van der Waals surface area (Å²) < 4.78 is 1.19. The summed E-state index contributed by atoms with van der Waals surface area (Å²) in [5.74, 6) is 0.686. The number of rotatable bonds is 3. The van der Waals surface area contributed by atoms with Crippen LogP contribution in [0.15, 0.2) is 41.4 Å². The van der Waals surface area contributed by atoms with Gasteiger partial charge in [-0.2, -0.15) is 0 Å². The Kier molecular flexibility index (Phi) is 4.19. The maximum absolute atomic E-state index is 3.82. The molecule has 1 aromatic rings. The summed E-state index contributed by atoms with van der Waals surface area (Å²) in [5, 5.41) is 0. The van der Waals surface area contributed by atoms with Gasteiger partial charge in [-0.1, -0.05) is 34.1 Å². The van der Waals surface area contributed by atoms with Crippen molar-refractivity contribution in [2.45, 2.75) is 18.8 Å². The molecule has 0 radical (unpaired) electrons. The summed E-state index contributed by atoms with van der Waals surface area (Å²) in [6.45, 7) is 7.22. The zero-order valence-corrected chi connectivity index (χ0v) is 11.1. The minimum Gasteiger partial charge on any atom is -0.299 e. The highest BCUT2D eigenvalue weighted by molar-refractivity contribution is 9.10. The zero-order valence-electron chi connectivity index (χ0n) is 9.53.